The van der Waals surface area contributed by atoms with E-state index in [9.17, 15) is 13.2 Å². The first-order chi connectivity index (χ1) is 11.9. The molecule has 1 aliphatic heterocycles. The minimum atomic E-state index is -3.04. The van der Waals surface area contributed by atoms with Gasteiger partial charge in [0.15, 0.2) is 9.84 Å². The summed E-state index contributed by atoms with van der Waals surface area (Å²) in [4.78, 5) is 16.0. The van der Waals surface area contributed by atoms with Crippen molar-refractivity contribution < 1.29 is 17.6 Å². The number of hydrogen-bond acceptors (Lipinski definition) is 8. The van der Waals surface area contributed by atoms with Gasteiger partial charge in [-0.3, -0.25) is 9.78 Å². The van der Waals surface area contributed by atoms with E-state index >= 15 is 0 Å². The molecule has 25 heavy (non-hydrogen) atoms. The molecule has 2 aromatic heterocycles. The Morgan fingerprint density at radius 2 is 2.12 bits per heavy atom. The Hall–Kier alpha value is -1.94. The zero-order valence-electron chi connectivity index (χ0n) is 13.6. The van der Waals surface area contributed by atoms with Crippen molar-refractivity contribution in [3.8, 4) is 11.5 Å². The first-order valence-corrected chi connectivity index (χ1v) is 10.5. The third kappa shape index (κ3) is 4.79. The van der Waals surface area contributed by atoms with E-state index in [-0.39, 0.29) is 23.8 Å². The highest BCUT2D eigenvalue weighted by molar-refractivity contribution is 7.99. The fourth-order valence-corrected chi connectivity index (χ4v) is 5.41. The smallest absolute Gasteiger partial charge is 0.276 e. The van der Waals surface area contributed by atoms with Gasteiger partial charge in [-0.05, 0) is 25.5 Å². The zero-order chi connectivity index (χ0) is 17.9. The Bertz CT molecular complexity index is 853. The van der Waals surface area contributed by atoms with Gasteiger partial charge in [-0.15, -0.1) is 10.2 Å². The van der Waals surface area contributed by atoms with Gasteiger partial charge in [-0.25, -0.2) is 8.42 Å². The van der Waals surface area contributed by atoms with Gasteiger partial charge in [0.25, 0.3) is 5.22 Å². The highest BCUT2D eigenvalue weighted by atomic mass is 32.2. The number of hydrogen-bond donors (Lipinski definition) is 1. The van der Waals surface area contributed by atoms with Gasteiger partial charge in [0, 0.05) is 30.1 Å². The molecule has 0 saturated carbocycles. The second-order valence-electron chi connectivity index (χ2n) is 6.16. The molecule has 0 aromatic carbocycles. The van der Waals surface area contributed by atoms with Crippen molar-refractivity contribution in [2.45, 2.75) is 30.5 Å². The number of nitrogens with one attached hydrogen (secondary N) is 1. The summed E-state index contributed by atoms with van der Waals surface area (Å²) in [6, 6.07) is 3.54. The highest BCUT2D eigenvalue weighted by Gasteiger charge is 2.39. The van der Waals surface area contributed by atoms with Crippen LogP contribution in [0.25, 0.3) is 11.5 Å². The minimum Gasteiger partial charge on any atom is -0.411 e. The number of thioether (sulfide) groups is 1. The number of amides is 1. The fraction of sp³-hybridized carbons (Fsp3) is 0.467. The van der Waals surface area contributed by atoms with Gasteiger partial charge in [-0.2, -0.15) is 0 Å². The Morgan fingerprint density at radius 3 is 2.80 bits per heavy atom. The number of aromatic nitrogens is 3. The lowest BCUT2D eigenvalue weighted by atomic mass is 10.0. The number of rotatable bonds is 6. The van der Waals surface area contributed by atoms with Crippen molar-refractivity contribution in [3.63, 3.8) is 0 Å². The number of carbonyl (C=O) groups excluding carboxylic acids is 1. The summed E-state index contributed by atoms with van der Waals surface area (Å²) in [6.07, 6.45) is 3.97. The summed E-state index contributed by atoms with van der Waals surface area (Å²) < 4.78 is 28.7. The topological polar surface area (TPSA) is 115 Å². The quantitative estimate of drug-likeness (QED) is 0.744. The number of sulfone groups is 1. The highest BCUT2D eigenvalue weighted by Crippen LogP contribution is 2.24. The van der Waals surface area contributed by atoms with Crippen molar-refractivity contribution in [2.75, 3.05) is 17.3 Å². The van der Waals surface area contributed by atoms with Crippen molar-refractivity contribution >= 4 is 27.5 Å². The molecule has 2 aromatic rings. The molecular weight excluding hydrogens is 364 g/mol. The minimum absolute atomic E-state index is 0.00215. The monoisotopic (exact) mass is 382 g/mol. The van der Waals surface area contributed by atoms with Gasteiger partial charge in [-0.1, -0.05) is 11.8 Å². The molecule has 0 radical (unpaired) electrons. The van der Waals surface area contributed by atoms with Gasteiger partial charge in [0.05, 0.1) is 17.0 Å². The number of nitrogens with zero attached hydrogens (tertiary/aromatic N) is 3. The van der Waals surface area contributed by atoms with Gasteiger partial charge in [0.2, 0.25) is 11.8 Å². The average molecular weight is 382 g/mol. The Labute approximate surface area is 149 Å². The normalized spacial score (nSPS) is 22.0. The lowest BCUT2D eigenvalue weighted by Crippen LogP contribution is -2.47. The fourth-order valence-electron chi connectivity index (χ4n) is 2.62. The average Bonchev–Trinajstić information content (AvgIpc) is 3.12. The van der Waals surface area contributed by atoms with Gasteiger partial charge in [0.1, 0.15) is 0 Å². The van der Waals surface area contributed by atoms with Crippen LogP contribution in [-0.2, 0) is 14.6 Å². The molecule has 0 aliphatic carbocycles. The summed E-state index contributed by atoms with van der Waals surface area (Å²) >= 11 is 1.29. The van der Waals surface area contributed by atoms with E-state index in [0.717, 1.165) is 5.56 Å². The lowest BCUT2D eigenvalue weighted by Gasteiger charge is -2.23. The van der Waals surface area contributed by atoms with Crippen molar-refractivity contribution in [2.24, 2.45) is 0 Å². The first kappa shape index (κ1) is 17.9. The summed E-state index contributed by atoms with van der Waals surface area (Å²) in [7, 11) is -3.04. The molecule has 1 amide bonds. The molecule has 0 bridgehead atoms. The van der Waals surface area contributed by atoms with E-state index in [4.69, 9.17) is 4.42 Å². The molecule has 1 saturated heterocycles. The van der Waals surface area contributed by atoms with Crippen molar-refractivity contribution in [1.82, 2.24) is 20.5 Å². The van der Waals surface area contributed by atoms with E-state index in [1.165, 1.54) is 11.8 Å². The molecule has 1 unspecified atom stereocenters. The molecule has 3 heterocycles. The maximum absolute atomic E-state index is 12.0. The molecular formula is C15H18N4O4S2. The van der Waals surface area contributed by atoms with E-state index in [0.29, 0.717) is 23.3 Å². The Kier molecular flexibility index (Phi) is 5.09. The SMILES string of the molecule is CC1(NC(=O)CCSc2nnc(-c3ccncc3)o2)CCS(=O)(=O)C1. The maximum Gasteiger partial charge on any atom is 0.276 e. The summed E-state index contributed by atoms with van der Waals surface area (Å²) in [5.41, 5.74) is 0.113. The molecule has 3 rings (SSSR count). The molecule has 8 nitrogen and oxygen atoms in total. The van der Waals surface area contributed by atoms with Crippen LogP contribution in [0.4, 0.5) is 0 Å². The van der Waals surface area contributed by atoms with Gasteiger partial charge >= 0.3 is 0 Å². The summed E-state index contributed by atoms with van der Waals surface area (Å²) in [5.74, 6) is 0.807. The maximum atomic E-state index is 12.0. The zero-order valence-corrected chi connectivity index (χ0v) is 15.3. The van der Waals surface area contributed by atoms with E-state index in [1.54, 1.807) is 31.5 Å². The van der Waals surface area contributed by atoms with Crippen molar-refractivity contribution in [1.29, 1.82) is 0 Å². The molecule has 1 atom stereocenters. The van der Waals surface area contributed by atoms with Crippen LogP contribution >= 0.6 is 11.8 Å². The first-order valence-electron chi connectivity index (χ1n) is 7.73. The van der Waals surface area contributed by atoms with Crippen LogP contribution in [0, 0.1) is 0 Å². The summed E-state index contributed by atoms with van der Waals surface area (Å²) in [5, 5.41) is 11.1. The largest absolute Gasteiger partial charge is 0.411 e. The third-order valence-electron chi connectivity index (χ3n) is 3.83. The molecule has 0 spiro atoms. The molecule has 1 N–H and O–H groups in total. The molecule has 10 heteroatoms. The predicted molar refractivity (Wildman–Crippen MR) is 92.7 cm³/mol. The van der Waals surface area contributed by atoms with Crippen LogP contribution in [-0.4, -0.2) is 52.3 Å². The molecule has 1 aliphatic rings. The second-order valence-corrected chi connectivity index (χ2v) is 9.39. The predicted octanol–water partition coefficient (Wildman–Crippen LogP) is 1.31. The van der Waals surface area contributed by atoms with E-state index in [1.807, 2.05) is 0 Å². The number of pyridine rings is 1. The summed E-state index contributed by atoms with van der Waals surface area (Å²) in [6.45, 7) is 1.77. The molecule has 134 valence electrons. The van der Waals surface area contributed by atoms with Crippen LogP contribution in [0.5, 0.6) is 0 Å². The lowest BCUT2D eigenvalue weighted by molar-refractivity contribution is -0.122. The number of carbonyl (C=O) groups is 1. The van der Waals surface area contributed by atoms with Gasteiger partial charge < -0.3 is 9.73 Å². The van der Waals surface area contributed by atoms with Crippen LogP contribution < -0.4 is 5.32 Å². The Balaban J connectivity index is 1.47. The van der Waals surface area contributed by atoms with E-state index < -0.39 is 15.4 Å². The Morgan fingerprint density at radius 1 is 1.36 bits per heavy atom. The molecule has 1 fully saturated rings. The standard InChI is InChI=1S/C15H18N4O4S2/c1-15(5-9-25(21,22)10-15)17-12(20)4-8-24-14-19-18-13(23-14)11-2-6-16-7-3-11/h2-3,6-7H,4-5,8-10H2,1H3,(H,17,20). The van der Waals surface area contributed by atoms with Crippen LogP contribution in [0.3, 0.4) is 0 Å². The second kappa shape index (κ2) is 7.12. The van der Waals surface area contributed by atoms with Crippen LogP contribution in [0.1, 0.15) is 19.8 Å². The van der Waals surface area contributed by atoms with Crippen LogP contribution in [0.15, 0.2) is 34.2 Å². The van der Waals surface area contributed by atoms with E-state index in [2.05, 4.69) is 20.5 Å². The third-order valence-corrected chi connectivity index (χ3v) is 6.56. The van der Waals surface area contributed by atoms with Crippen molar-refractivity contribution in [3.05, 3.63) is 24.5 Å². The van der Waals surface area contributed by atoms with Crippen LogP contribution in [0.2, 0.25) is 0 Å².